The first-order valence-electron chi connectivity index (χ1n) is 5.99. The first kappa shape index (κ1) is 14.4. The van der Waals surface area contributed by atoms with Crippen LogP contribution in [0.2, 0.25) is 0 Å². The fourth-order valence-corrected chi connectivity index (χ4v) is 1.66. The normalized spacial score (nSPS) is 10.1. The molecule has 1 heterocycles. The van der Waals surface area contributed by atoms with Crippen LogP contribution in [0.1, 0.15) is 16.2 Å². The molecule has 0 spiro atoms. The molecule has 1 aromatic carbocycles. The number of anilines is 1. The van der Waals surface area contributed by atoms with Gasteiger partial charge in [0.15, 0.2) is 0 Å². The Balaban J connectivity index is 1.93. The second-order valence-electron chi connectivity index (χ2n) is 4.03. The molecule has 1 aromatic heterocycles. The Labute approximate surface area is 118 Å². The van der Waals surface area contributed by atoms with Crippen LogP contribution in [0.15, 0.2) is 24.5 Å². The highest BCUT2D eigenvalue weighted by atomic mass is 19.1. The Bertz CT molecular complexity index is 644. The van der Waals surface area contributed by atoms with Gasteiger partial charge in [0.25, 0.3) is 0 Å². The minimum absolute atomic E-state index is 0.111. The number of carbonyl (C=O) groups is 2. The lowest BCUT2D eigenvalue weighted by Crippen LogP contribution is -2.31. The Morgan fingerprint density at radius 2 is 2.19 bits per heavy atom. The molecule has 0 bridgehead atoms. The van der Waals surface area contributed by atoms with Gasteiger partial charge >= 0.3 is 12.0 Å². The van der Waals surface area contributed by atoms with E-state index in [0.29, 0.717) is 12.2 Å². The molecule has 0 saturated carbocycles. The van der Waals surface area contributed by atoms with Crippen molar-refractivity contribution in [1.29, 1.82) is 0 Å². The maximum absolute atomic E-state index is 13.4. The Morgan fingerprint density at radius 3 is 2.86 bits per heavy atom. The second kappa shape index (κ2) is 6.46. The van der Waals surface area contributed by atoms with E-state index in [1.807, 2.05) is 0 Å². The number of H-pyrrole nitrogens is 1. The molecule has 0 fully saturated rings. The smallest absolute Gasteiger partial charge is 0.340 e. The molecular weight excluding hydrogens is 281 g/mol. The lowest BCUT2D eigenvalue weighted by molar-refractivity contribution is 0.0693. The average Bonchev–Trinajstić information content (AvgIpc) is 2.91. The van der Waals surface area contributed by atoms with Crippen molar-refractivity contribution in [2.45, 2.75) is 6.42 Å². The molecule has 0 atom stereocenters. The topological polar surface area (TPSA) is 120 Å². The van der Waals surface area contributed by atoms with Crippen molar-refractivity contribution in [3.05, 3.63) is 41.7 Å². The number of aromatic carboxylic acids is 1. The van der Waals surface area contributed by atoms with Crippen LogP contribution >= 0.6 is 0 Å². The number of nitrogens with one attached hydrogen (secondary N) is 3. The zero-order valence-electron chi connectivity index (χ0n) is 10.8. The van der Waals surface area contributed by atoms with E-state index in [4.69, 9.17) is 5.11 Å². The Kier molecular flexibility index (Phi) is 4.44. The number of carboxylic acid groups (broad SMARTS) is 1. The van der Waals surface area contributed by atoms with Crippen LogP contribution in [0.4, 0.5) is 14.9 Å². The first-order chi connectivity index (χ1) is 10.1. The summed E-state index contributed by atoms with van der Waals surface area (Å²) in [5, 5.41) is 20.0. The van der Waals surface area contributed by atoms with Crippen molar-refractivity contribution in [2.24, 2.45) is 0 Å². The molecule has 4 N–H and O–H groups in total. The molecule has 110 valence electrons. The van der Waals surface area contributed by atoms with Gasteiger partial charge in [0, 0.05) is 13.0 Å². The van der Waals surface area contributed by atoms with E-state index in [-0.39, 0.29) is 12.2 Å². The zero-order chi connectivity index (χ0) is 15.2. The summed E-state index contributed by atoms with van der Waals surface area (Å²) in [6, 6.07) is 2.99. The molecule has 2 amide bonds. The number of rotatable bonds is 5. The summed E-state index contributed by atoms with van der Waals surface area (Å²) in [5.74, 6) is -1.76. The summed E-state index contributed by atoms with van der Waals surface area (Å²) in [6.45, 7) is 0.263. The van der Waals surface area contributed by atoms with Crippen molar-refractivity contribution in [3.8, 4) is 0 Å². The van der Waals surface area contributed by atoms with Crippen LogP contribution in [0.3, 0.4) is 0 Å². The summed E-state index contributed by atoms with van der Waals surface area (Å²) in [5.41, 5.74) is -0.692. The average molecular weight is 293 g/mol. The zero-order valence-corrected chi connectivity index (χ0v) is 10.8. The molecule has 0 radical (unpaired) electrons. The van der Waals surface area contributed by atoms with Gasteiger partial charge in [-0.2, -0.15) is 5.10 Å². The summed E-state index contributed by atoms with van der Waals surface area (Å²) in [7, 11) is 0. The highest BCUT2D eigenvalue weighted by molar-refractivity contribution is 6.00. The molecule has 0 unspecified atom stereocenters. The Hall–Kier alpha value is -2.97. The maximum atomic E-state index is 13.4. The van der Waals surface area contributed by atoms with Gasteiger partial charge in [-0.05, 0) is 12.1 Å². The summed E-state index contributed by atoms with van der Waals surface area (Å²) >= 11 is 0. The number of amides is 2. The number of aromatic nitrogens is 3. The molecule has 0 aliphatic heterocycles. The van der Waals surface area contributed by atoms with Crippen molar-refractivity contribution >= 4 is 17.7 Å². The third-order valence-electron chi connectivity index (χ3n) is 2.59. The number of carbonyl (C=O) groups excluding carboxylic acids is 1. The minimum atomic E-state index is -1.45. The van der Waals surface area contributed by atoms with Crippen LogP contribution in [0.5, 0.6) is 0 Å². The first-order valence-corrected chi connectivity index (χ1v) is 5.99. The van der Waals surface area contributed by atoms with Gasteiger partial charge in [-0.1, -0.05) is 6.07 Å². The van der Waals surface area contributed by atoms with Crippen LogP contribution in [-0.2, 0) is 6.42 Å². The van der Waals surface area contributed by atoms with Crippen molar-refractivity contribution < 1.29 is 19.1 Å². The molecule has 0 aliphatic carbocycles. The van der Waals surface area contributed by atoms with Crippen LogP contribution in [0.25, 0.3) is 0 Å². The van der Waals surface area contributed by atoms with E-state index in [9.17, 15) is 14.0 Å². The molecule has 2 rings (SSSR count). The van der Waals surface area contributed by atoms with E-state index in [0.717, 1.165) is 6.07 Å². The molecule has 0 aliphatic rings. The molecule has 8 nitrogen and oxygen atoms in total. The quantitative estimate of drug-likeness (QED) is 0.655. The number of nitrogens with zero attached hydrogens (tertiary/aromatic N) is 2. The third-order valence-corrected chi connectivity index (χ3v) is 2.59. The summed E-state index contributed by atoms with van der Waals surface area (Å²) in [4.78, 5) is 26.5. The number of aromatic amines is 1. The molecule has 21 heavy (non-hydrogen) atoms. The third kappa shape index (κ3) is 3.75. The maximum Gasteiger partial charge on any atom is 0.340 e. The monoisotopic (exact) mass is 293 g/mol. The number of halogens is 1. The molecular formula is C12H12FN5O3. The van der Waals surface area contributed by atoms with Gasteiger partial charge < -0.3 is 15.7 Å². The molecule has 9 heteroatoms. The van der Waals surface area contributed by atoms with Gasteiger partial charge in [-0.25, -0.2) is 19.0 Å². The number of hydrogen-bond acceptors (Lipinski definition) is 4. The fourth-order valence-electron chi connectivity index (χ4n) is 1.66. The largest absolute Gasteiger partial charge is 0.478 e. The van der Waals surface area contributed by atoms with Gasteiger partial charge in [0.2, 0.25) is 0 Å². The van der Waals surface area contributed by atoms with E-state index in [2.05, 4.69) is 25.8 Å². The SMILES string of the molecule is O=C(NCCc1ncn[nH]1)Nc1cccc(F)c1C(=O)O. The van der Waals surface area contributed by atoms with E-state index < -0.39 is 23.4 Å². The van der Waals surface area contributed by atoms with Gasteiger partial charge in [-0.15, -0.1) is 0 Å². The van der Waals surface area contributed by atoms with E-state index in [1.165, 1.54) is 18.5 Å². The number of urea groups is 1. The second-order valence-corrected chi connectivity index (χ2v) is 4.03. The van der Waals surface area contributed by atoms with Crippen molar-refractivity contribution in [1.82, 2.24) is 20.5 Å². The predicted octanol–water partition coefficient (Wildman–Crippen LogP) is 1.01. The fraction of sp³-hybridized carbons (Fsp3) is 0.167. The molecule has 0 saturated heterocycles. The van der Waals surface area contributed by atoms with Crippen molar-refractivity contribution in [3.63, 3.8) is 0 Å². The number of carboxylic acids is 1. The van der Waals surface area contributed by atoms with E-state index >= 15 is 0 Å². The van der Waals surface area contributed by atoms with Gasteiger partial charge in [-0.3, -0.25) is 5.10 Å². The van der Waals surface area contributed by atoms with Gasteiger partial charge in [0.05, 0.1) is 5.69 Å². The number of benzene rings is 1. The van der Waals surface area contributed by atoms with Gasteiger partial charge in [0.1, 0.15) is 23.5 Å². The number of hydrogen-bond donors (Lipinski definition) is 4. The highest BCUT2D eigenvalue weighted by Gasteiger charge is 2.17. The summed E-state index contributed by atoms with van der Waals surface area (Å²) in [6.07, 6.45) is 1.78. The molecule has 2 aromatic rings. The van der Waals surface area contributed by atoms with Crippen molar-refractivity contribution in [2.75, 3.05) is 11.9 Å². The van der Waals surface area contributed by atoms with Crippen LogP contribution in [0, 0.1) is 5.82 Å². The lowest BCUT2D eigenvalue weighted by atomic mass is 10.1. The standard InChI is InChI=1S/C12H12FN5O3/c13-7-2-1-3-8(10(7)11(19)20)17-12(21)14-5-4-9-15-6-16-18-9/h1-3,6H,4-5H2,(H,19,20)(H2,14,17,21)(H,15,16,18). The highest BCUT2D eigenvalue weighted by Crippen LogP contribution is 2.18. The van der Waals surface area contributed by atoms with E-state index in [1.54, 1.807) is 0 Å². The lowest BCUT2D eigenvalue weighted by Gasteiger charge is -2.10. The van der Waals surface area contributed by atoms with Crippen LogP contribution < -0.4 is 10.6 Å². The Morgan fingerprint density at radius 1 is 1.38 bits per heavy atom. The summed E-state index contributed by atoms with van der Waals surface area (Å²) < 4.78 is 13.4. The minimum Gasteiger partial charge on any atom is -0.478 e. The van der Waals surface area contributed by atoms with Crippen LogP contribution in [-0.4, -0.2) is 38.8 Å². The predicted molar refractivity (Wildman–Crippen MR) is 70.5 cm³/mol.